The molecule has 0 aromatic heterocycles. The number of aryl methyl sites for hydroxylation is 2. The van der Waals surface area contributed by atoms with E-state index in [0.29, 0.717) is 5.56 Å². The Labute approximate surface area is 96.6 Å². The third kappa shape index (κ3) is 2.45. The number of benzene rings is 1. The molecule has 4 heteroatoms. The summed E-state index contributed by atoms with van der Waals surface area (Å²) >= 11 is 3.32. The summed E-state index contributed by atoms with van der Waals surface area (Å²) < 4.78 is 5.29. The van der Waals surface area contributed by atoms with Crippen LogP contribution in [0.1, 0.15) is 21.5 Å². The minimum atomic E-state index is -0.830. The van der Waals surface area contributed by atoms with Crippen LogP contribution in [0.4, 0.5) is 0 Å². The van der Waals surface area contributed by atoms with E-state index in [9.17, 15) is 9.59 Å². The van der Waals surface area contributed by atoms with Crippen LogP contribution in [0.5, 0.6) is 0 Å². The minimum Gasteiger partial charge on any atom is -0.463 e. The van der Waals surface area contributed by atoms with Gasteiger partial charge in [0.1, 0.15) is 0 Å². The molecule has 0 saturated heterocycles. The summed E-state index contributed by atoms with van der Waals surface area (Å²) in [6.07, 6.45) is 0. The van der Waals surface area contributed by atoms with Crippen LogP contribution in [-0.4, -0.2) is 18.9 Å². The molecule has 80 valence electrons. The van der Waals surface area contributed by atoms with E-state index in [4.69, 9.17) is 0 Å². The lowest BCUT2D eigenvalue weighted by Gasteiger charge is -2.07. The van der Waals surface area contributed by atoms with Crippen LogP contribution < -0.4 is 0 Å². The average Bonchev–Trinajstić information content (AvgIpc) is 2.14. The fourth-order valence-electron chi connectivity index (χ4n) is 1.46. The molecule has 0 fully saturated rings. The summed E-state index contributed by atoms with van der Waals surface area (Å²) in [4.78, 5) is 22.8. The molecule has 0 spiro atoms. The van der Waals surface area contributed by atoms with Gasteiger partial charge >= 0.3 is 5.97 Å². The van der Waals surface area contributed by atoms with Gasteiger partial charge in [-0.2, -0.15) is 0 Å². The van der Waals surface area contributed by atoms with E-state index < -0.39 is 11.8 Å². The van der Waals surface area contributed by atoms with Crippen molar-refractivity contribution in [3.05, 3.63) is 33.3 Å². The molecule has 0 radical (unpaired) electrons. The number of carbonyl (C=O) groups is 2. The van der Waals surface area contributed by atoms with Gasteiger partial charge in [0.2, 0.25) is 0 Å². The molecule has 0 atom stereocenters. The predicted molar refractivity (Wildman–Crippen MR) is 60.0 cm³/mol. The van der Waals surface area contributed by atoms with E-state index in [1.165, 1.54) is 7.11 Å². The summed E-state index contributed by atoms with van der Waals surface area (Å²) in [6, 6.07) is 3.59. The number of carbonyl (C=O) groups excluding carboxylic acids is 2. The van der Waals surface area contributed by atoms with Gasteiger partial charge in [-0.1, -0.05) is 15.9 Å². The van der Waals surface area contributed by atoms with Gasteiger partial charge in [0, 0.05) is 10.0 Å². The van der Waals surface area contributed by atoms with Crippen molar-refractivity contribution in [1.82, 2.24) is 0 Å². The van der Waals surface area contributed by atoms with Crippen LogP contribution in [0.3, 0.4) is 0 Å². The van der Waals surface area contributed by atoms with Crippen LogP contribution >= 0.6 is 15.9 Å². The van der Waals surface area contributed by atoms with Gasteiger partial charge in [-0.3, -0.25) is 4.79 Å². The van der Waals surface area contributed by atoms with Crippen molar-refractivity contribution in [2.24, 2.45) is 0 Å². The van der Waals surface area contributed by atoms with Crippen molar-refractivity contribution in [2.75, 3.05) is 7.11 Å². The van der Waals surface area contributed by atoms with E-state index >= 15 is 0 Å². The molecule has 0 bridgehead atoms. The monoisotopic (exact) mass is 270 g/mol. The molecule has 1 aromatic carbocycles. The molecule has 0 aliphatic heterocycles. The predicted octanol–water partition coefficient (Wildman–Crippen LogP) is 2.42. The Morgan fingerprint density at radius 2 is 1.67 bits per heavy atom. The molecular formula is C11H11BrO3. The van der Waals surface area contributed by atoms with Gasteiger partial charge in [0.15, 0.2) is 0 Å². The second kappa shape index (κ2) is 4.57. The first-order valence-electron chi connectivity index (χ1n) is 4.36. The largest absolute Gasteiger partial charge is 0.463 e. The summed E-state index contributed by atoms with van der Waals surface area (Å²) in [5, 5.41) is 0. The molecule has 0 aliphatic carbocycles. The van der Waals surface area contributed by atoms with E-state index in [2.05, 4.69) is 20.7 Å². The molecule has 0 heterocycles. The molecule has 1 rings (SSSR count). The van der Waals surface area contributed by atoms with Crippen molar-refractivity contribution in [1.29, 1.82) is 0 Å². The highest BCUT2D eigenvalue weighted by Gasteiger charge is 2.20. The lowest BCUT2D eigenvalue weighted by atomic mass is 9.99. The van der Waals surface area contributed by atoms with Gasteiger partial charge in [0.25, 0.3) is 5.78 Å². The normalized spacial score (nSPS) is 9.87. The standard InChI is InChI=1S/C11H11BrO3/c1-6-4-8(12)5-7(2)9(6)10(13)11(14)15-3/h4-5H,1-3H3. The highest BCUT2D eigenvalue weighted by atomic mass is 79.9. The van der Waals surface area contributed by atoms with Crippen LogP contribution in [0.15, 0.2) is 16.6 Å². The smallest absolute Gasteiger partial charge is 0.379 e. The molecule has 0 aliphatic rings. The van der Waals surface area contributed by atoms with E-state index in [1.807, 2.05) is 0 Å². The number of ketones is 1. The molecule has 0 N–H and O–H groups in total. The number of hydrogen-bond donors (Lipinski definition) is 0. The second-order valence-electron chi connectivity index (χ2n) is 3.24. The Kier molecular flexibility index (Phi) is 3.63. The van der Waals surface area contributed by atoms with Crippen LogP contribution in [0.25, 0.3) is 0 Å². The fourth-order valence-corrected chi connectivity index (χ4v) is 2.15. The quantitative estimate of drug-likeness (QED) is 0.471. The first-order chi connectivity index (χ1) is 6.97. The Morgan fingerprint density at radius 1 is 1.20 bits per heavy atom. The molecule has 15 heavy (non-hydrogen) atoms. The van der Waals surface area contributed by atoms with Crippen LogP contribution in [0.2, 0.25) is 0 Å². The van der Waals surface area contributed by atoms with Crippen LogP contribution in [0, 0.1) is 13.8 Å². The highest BCUT2D eigenvalue weighted by molar-refractivity contribution is 9.10. The Hall–Kier alpha value is -1.16. The summed E-state index contributed by atoms with van der Waals surface area (Å²) in [6.45, 7) is 3.57. The van der Waals surface area contributed by atoms with Crippen LogP contribution in [-0.2, 0) is 9.53 Å². The Morgan fingerprint density at radius 3 is 2.07 bits per heavy atom. The average molecular weight is 271 g/mol. The SMILES string of the molecule is COC(=O)C(=O)c1c(C)cc(Br)cc1C. The topological polar surface area (TPSA) is 43.4 Å². The van der Waals surface area contributed by atoms with Gasteiger partial charge in [0.05, 0.1) is 7.11 Å². The van der Waals surface area contributed by atoms with Gasteiger partial charge in [-0.25, -0.2) is 4.79 Å². The van der Waals surface area contributed by atoms with Crippen molar-refractivity contribution >= 4 is 27.7 Å². The number of halogens is 1. The van der Waals surface area contributed by atoms with Gasteiger partial charge in [-0.05, 0) is 37.1 Å². The van der Waals surface area contributed by atoms with Crippen molar-refractivity contribution in [3.8, 4) is 0 Å². The van der Waals surface area contributed by atoms with E-state index in [-0.39, 0.29) is 0 Å². The van der Waals surface area contributed by atoms with Crippen molar-refractivity contribution < 1.29 is 14.3 Å². The van der Waals surface area contributed by atoms with Gasteiger partial charge < -0.3 is 4.74 Å². The maximum absolute atomic E-state index is 11.6. The third-order valence-electron chi connectivity index (χ3n) is 2.10. The number of methoxy groups -OCH3 is 1. The molecule has 0 amide bonds. The summed E-state index contributed by atoms with van der Waals surface area (Å²) in [5.74, 6) is -1.43. The lowest BCUT2D eigenvalue weighted by Crippen LogP contribution is -2.18. The first-order valence-corrected chi connectivity index (χ1v) is 5.16. The summed E-state index contributed by atoms with van der Waals surface area (Å²) in [7, 11) is 1.20. The zero-order chi connectivity index (χ0) is 11.6. The molecule has 3 nitrogen and oxygen atoms in total. The van der Waals surface area contributed by atoms with Crippen molar-refractivity contribution in [2.45, 2.75) is 13.8 Å². The van der Waals surface area contributed by atoms with E-state index in [1.54, 1.807) is 26.0 Å². The number of rotatable bonds is 2. The zero-order valence-electron chi connectivity index (χ0n) is 8.76. The number of esters is 1. The van der Waals surface area contributed by atoms with Gasteiger partial charge in [-0.15, -0.1) is 0 Å². The molecule has 0 unspecified atom stereocenters. The Bertz CT molecular complexity index is 401. The first kappa shape index (κ1) is 11.9. The molecular weight excluding hydrogens is 260 g/mol. The van der Waals surface area contributed by atoms with E-state index in [0.717, 1.165) is 15.6 Å². The number of Topliss-reactive ketones (excluding diaryl/α,β-unsaturated/α-hetero) is 1. The molecule has 1 aromatic rings. The third-order valence-corrected chi connectivity index (χ3v) is 2.55. The highest BCUT2D eigenvalue weighted by Crippen LogP contribution is 2.21. The zero-order valence-corrected chi connectivity index (χ0v) is 10.3. The fraction of sp³-hybridized carbons (Fsp3) is 0.273. The Balaban J connectivity index is 3.26. The lowest BCUT2D eigenvalue weighted by molar-refractivity contribution is -0.135. The minimum absolute atomic E-state index is 0.421. The summed E-state index contributed by atoms with van der Waals surface area (Å²) in [5.41, 5.74) is 1.94. The maximum Gasteiger partial charge on any atom is 0.379 e. The second-order valence-corrected chi connectivity index (χ2v) is 4.15. The number of ether oxygens (including phenoxy) is 1. The number of hydrogen-bond acceptors (Lipinski definition) is 3. The maximum atomic E-state index is 11.6. The van der Waals surface area contributed by atoms with Crippen molar-refractivity contribution in [3.63, 3.8) is 0 Å². The molecule has 0 saturated carbocycles.